The fraction of sp³-hybridized carbons (Fsp3) is 0.333. The molecule has 1 aromatic carbocycles. The number of thioether (sulfide) groups is 1. The number of amides is 1. The van der Waals surface area contributed by atoms with Crippen molar-refractivity contribution in [3.63, 3.8) is 0 Å². The average molecular weight is 302 g/mol. The number of allylic oxidation sites excluding steroid dienone is 1. The van der Waals surface area contributed by atoms with E-state index < -0.39 is 0 Å². The molecule has 2 atom stereocenters. The zero-order valence-electron chi connectivity index (χ0n) is 12.0. The van der Waals surface area contributed by atoms with E-state index in [9.17, 15) is 4.79 Å². The monoisotopic (exact) mass is 302 g/mol. The molecule has 0 aromatic heterocycles. The molecule has 110 valence electrons. The number of carbonyl (C=O) groups is 1. The van der Waals surface area contributed by atoms with E-state index in [2.05, 4.69) is 23.7 Å². The van der Waals surface area contributed by atoms with Crippen molar-refractivity contribution in [3.05, 3.63) is 47.0 Å². The molecule has 1 heterocycles. The normalized spacial score (nSPS) is 18.8. The summed E-state index contributed by atoms with van der Waals surface area (Å²) < 4.78 is 0. The number of hydrogen-bond donors (Lipinski definition) is 2. The van der Waals surface area contributed by atoms with Crippen molar-refractivity contribution < 1.29 is 4.79 Å². The smallest absolute Gasteiger partial charge is 0.238 e. The van der Waals surface area contributed by atoms with E-state index in [4.69, 9.17) is 5.26 Å². The molecule has 21 heavy (non-hydrogen) atoms. The van der Waals surface area contributed by atoms with Crippen molar-refractivity contribution in [2.45, 2.75) is 31.8 Å². The minimum absolute atomic E-state index is 0.108. The second-order valence-corrected chi connectivity index (χ2v) is 5.62. The largest absolute Gasteiger partial charge is 0.280 e. The highest BCUT2D eigenvalue weighted by molar-refractivity contribution is 8.02. The van der Waals surface area contributed by atoms with Crippen molar-refractivity contribution in [1.82, 2.24) is 15.8 Å². The number of rotatable bonds is 5. The minimum atomic E-state index is -0.189. The van der Waals surface area contributed by atoms with Gasteiger partial charge < -0.3 is 0 Å². The predicted molar refractivity (Wildman–Crippen MR) is 83.3 cm³/mol. The van der Waals surface area contributed by atoms with Crippen molar-refractivity contribution in [1.29, 1.82) is 5.26 Å². The number of benzene rings is 1. The Balaban J connectivity index is 2.05. The van der Waals surface area contributed by atoms with Crippen molar-refractivity contribution in [2.24, 2.45) is 0 Å². The van der Waals surface area contributed by atoms with Gasteiger partial charge in [-0.3, -0.25) is 15.5 Å². The zero-order chi connectivity index (χ0) is 15.2. The number of hydrazine groups is 1. The van der Waals surface area contributed by atoms with Gasteiger partial charge in [0, 0.05) is 17.9 Å². The van der Waals surface area contributed by atoms with E-state index >= 15 is 0 Å². The van der Waals surface area contributed by atoms with Crippen LogP contribution in [0.4, 0.5) is 0 Å². The first kappa shape index (κ1) is 15.4. The van der Waals surface area contributed by atoms with E-state index in [0.717, 1.165) is 5.56 Å². The summed E-state index contributed by atoms with van der Waals surface area (Å²) in [5, 5.41) is 15.9. The highest BCUT2D eigenvalue weighted by atomic mass is 32.2. The van der Waals surface area contributed by atoms with Crippen molar-refractivity contribution in [2.75, 3.05) is 0 Å². The summed E-state index contributed by atoms with van der Waals surface area (Å²) in [7, 11) is 0. The fourth-order valence-corrected chi connectivity index (χ4v) is 2.95. The maximum absolute atomic E-state index is 11.6. The Hall–Kier alpha value is -1.97. The third kappa shape index (κ3) is 3.78. The predicted octanol–water partition coefficient (Wildman–Crippen LogP) is 2.48. The molecule has 1 aliphatic rings. The van der Waals surface area contributed by atoms with Gasteiger partial charge in [0.2, 0.25) is 5.91 Å². The second-order valence-electron chi connectivity index (χ2n) is 4.66. The summed E-state index contributed by atoms with van der Waals surface area (Å²) in [4.78, 5) is 11.6. The first-order valence-electron chi connectivity index (χ1n) is 6.81. The SMILES string of the molecule is CCC(=O)NN1C(C#N)=CSC1NC(C)c1ccccc1. The number of nitrogens with zero attached hydrogens (tertiary/aromatic N) is 2. The van der Waals surface area contributed by atoms with E-state index in [1.165, 1.54) is 11.8 Å². The molecule has 1 amide bonds. The Labute approximate surface area is 129 Å². The van der Waals surface area contributed by atoms with Gasteiger partial charge in [-0.2, -0.15) is 5.26 Å². The van der Waals surface area contributed by atoms with Crippen molar-refractivity contribution in [3.8, 4) is 6.07 Å². The highest BCUT2D eigenvalue weighted by Gasteiger charge is 2.29. The molecule has 0 spiro atoms. The summed E-state index contributed by atoms with van der Waals surface area (Å²) in [6.07, 6.45) is 0.376. The lowest BCUT2D eigenvalue weighted by Gasteiger charge is -2.29. The van der Waals surface area contributed by atoms with Crippen molar-refractivity contribution >= 4 is 17.7 Å². The molecular formula is C15H18N4OS. The van der Waals surface area contributed by atoms with Crippen LogP contribution in [0.5, 0.6) is 0 Å². The standard InChI is InChI=1S/C15H18N4OS/c1-3-14(20)18-19-13(9-16)10-21-15(19)17-11(2)12-7-5-4-6-8-12/h4-8,10-11,15,17H,3H2,1-2H3,(H,18,20). The number of hydrogen-bond acceptors (Lipinski definition) is 5. The summed E-state index contributed by atoms with van der Waals surface area (Å²) in [6, 6.07) is 12.3. The molecule has 1 aliphatic heterocycles. The molecule has 6 heteroatoms. The van der Waals surface area contributed by atoms with Crippen LogP contribution in [-0.4, -0.2) is 16.4 Å². The Kier molecular flexibility index (Phi) is 5.26. The van der Waals surface area contributed by atoms with Crippen LogP contribution in [-0.2, 0) is 4.79 Å². The third-order valence-corrected chi connectivity index (χ3v) is 4.14. The van der Waals surface area contributed by atoms with Gasteiger partial charge in [0.15, 0.2) is 5.50 Å². The first-order valence-corrected chi connectivity index (χ1v) is 7.75. The van der Waals surface area contributed by atoms with Crippen LogP contribution in [0.25, 0.3) is 0 Å². The van der Waals surface area contributed by atoms with E-state index in [-0.39, 0.29) is 17.4 Å². The molecule has 2 unspecified atom stereocenters. The highest BCUT2D eigenvalue weighted by Crippen LogP contribution is 2.29. The minimum Gasteiger partial charge on any atom is -0.280 e. The van der Waals surface area contributed by atoms with Gasteiger partial charge in [0.25, 0.3) is 0 Å². The molecule has 0 saturated heterocycles. The average Bonchev–Trinajstić information content (AvgIpc) is 2.89. The van der Waals surface area contributed by atoms with Gasteiger partial charge in [-0.1, -0.05) is 49.0 Å². The van der Waals surface area contributed by atoms with Crippen LogP contribution < -0.4 is 10.7 Å². The number of carbonyl (C=O) groups excluding carboxylic acids is 1. The maximum Gasteiger partial charge on any atom is 0.238 e. The van der Waals surface area contributed by atoms with E-state index in [0.29, 0.717) is 12.1 Å². The molecule has 0 bridgehead atoms. The fourth-order valence-electron chi connectivity index (χ4n) is 1.95. The van der Waals surface area contributed by atoms with Gasteiger partial charge in [-0.15, -0.1) is 0 Å². The third-order valence-electron chi connectivity index (χ3n) is 3.18. The maximum atomic E-state index is 11.6. The van der Waals surface area contributed by atoms with Gasteiger partial charge in [-0.25, -0.2) is 5.01 Å². The second kappa shape index (κ2) is 7.16. The molecule has 0 fully saturated rings. The topological polar surface area (TPSA) is 68.2 Å². The molecule has 5 nitrogen and oxygen atoms in total. The van der Waals surface area contributed by atoms with Gasteiger partial charge in [0.05, 0.1) is 0 Å². The van der Waals surface area contributed by atoms with Crippen LogP contribution >= 0.6 is 11.8 Å². The Bertz CT molecular complexity index is 567. The number of nitrogens with one attached hydrogen (secondary N) is 2. The lowest BCUT2D eigenvalue weighted by atomic mass is 10.1. The van der Waals surface area contributed by atoms with Crippen LogP contribution in [0.3, 0.4) is 0 Å². The zero-order valence-corrected chi connectivity index (χ0v) is 12.9. The summed E-state index contributed by atoms with van der Waals surface area (Å²) in [5.41, 5.74) is 4.17. The van der Waals surface area contributed by atoms with E-state index in [1.807, 2.05) is 30.3 Å². The molecule has 2 N–H and O–H groups in total. The summed E-state index contributed by atoms with van der Waals surface area (Å²) in [6.45, 7) is 3.84. The summed E-state index contributed by atoms with van der Waals surface area (Å²) >= 11 is 1.47. The lowest BCUT2D eigenvalue weighted by molar-refractivity contribution is -0.125. The number of nitriles is 1. The van der Waals surface area contributed by atoms with Gasteiger partial charge in [-0.05, 0) is 12.5 Å². The molecule has 0 radical (unpaired) electrons. The summed E-state index contributed by atoms with van der Waals surface area (Å²) in [5.74, 6) is -0.113. The molecule has 1 aromatic rings. The Morgan fingerprint density at radius 3 is 2.81 bits per heavy atom. The Morgan fingerprint density at radius 1 is 1.48 bits per heavy atom. The Morgan fingerprint density at radius 2 is 2.19 bits per heavy atom. The van der Waals surface area contributed by atoms with Crippen LogP contribution in [0.2, 0.25) is 0 Å². The lowest BCUT2D eigenvalue weighted by Crippen LogP contribution is -2.50. The van der Waals surface area contributed by atoms with Gasteiger partial charge >= 0.3 is 0 Å². The van der Waals surface area contributed by atoms with Gasteiger partial charge in [0.1, 0.15) is 11.8 Å². The van der Waals surface area contributed by atoms with Crippen LogP contribution in [0, 0.1) is 11.3 Å². The van der Waals surface area contributed by atoms with Crippen LogP contribution in [0.1, 0.15) is 31.9 Å². The molecular weight excluding hydrogens is 284 g/mol. The van der Waals surface area contributed by atoms with Crippen LogP contribution in [0.15, 0.2) is 41.4 Å². The first-order chi connectivity index (χ1) is 10.2. The molecule has 2 rings (SSSR count). The molecule has 0 saturated carbocycles. The van der Waals surface area contributed by atoms with E-state index in [1.54, 1.807) is 17.3 Å². The molecule has 0 aliphatic carbocycles. The quantitative estimate of drug-likeness (QED) is 0.874.